The minimum atomic E-state index is -0.414. The Balaban J connectivity index is 2.45. The van der Waals surface area contributed by atoms with Gasteiger partial charge in [-0.05, 0) is 19.8 Å². The van der Waals surface area contributed by atoms with Crippen LogP contribution in [0.4, 0.5) is 0 Å². The summed E-state index contributed by atoms with van der Waals surface area (Å²) in [5, 5.41) is 17.3. The minimum absolute atomic E-state index is 0.184. The normalized spacial score (nSPS) is 10.3. The molecule has 0 aliphatic heterocycles. The second-order valence-corrected chi connectivity index (χ2v) is 3.96. The van der Waals surface area contributed by atoms with Gasteiger partial charge in [-0.25, -0.2) is 4.79 Å². The molecule has 5 nitrogen and oxygen atoms in total. The first-order chi connectivity index (χ1) is 7.27. The van der Waals surface area contributed by atoms with Crippen LogP contribution in [0.3, 0.4) is 0 Å². The van der Waals surface area contributed by atoms with Crippen molar-refractivity contribution in [3.05, 3.63) is 10.0 Å². The number of hydrogen-bond acceptors (Lipinski definition) is 6. The molecule has 0 aliphatic rings. The van der Waals surface area contributed by atoms with Crippen molar-refractivity contribution in [2.24, 2.45) is 0 Å². The molecule has 1 aromatic rings. The van der Waals surface area contributed by atoms with Gasteiger partial charge in [0, 0.05) is 13.0 Å². The highest BCUT2D eigenvalue weighted by molar-refractivity contribution is 7.13. The quantitative estimate of drug-likeness (QED) is 0.583. The average molecular weight is 230 g/mol. The highest BCUT2D eigenvalue weighted by atomic mass is 32.1. The zero-order chi connectivity index (χ0) is 11.1. The van der Waals surface area contributed by atoms with Crippen molar-refractivity contribution >= 4 is 17.3 Å². The number of aliphatic hydroxyl groups is 1. The van der Waals surface area contributed by atoms with Crippen molar-refractivity contribution in [2.45, 2.75) is 26.2 Å². The molecule has 0 aliphatic carbocycles. The Morgan fingerprint density at radius 1 is 1.47 bits per heavy atom. The Morgan fingerprint density at radius 2 is 2.27 bits per heavy atom. The average Bonchev–Trinajstić information content (AvgIpc) is 2.67. The standard InChI is InChI=1S/C9H14N2O3S/c1-2-14-9(13)8-11-10-7(15-8)5-3-4-6-12/h12H,2-6H2,1H3. The molecular formula is C9H14N2O3S. The number of hydrogen-bond donors (Lipinski definition) is 1. The van der Waals surface area contributed by atoms with E-state index in [1.54, 1.807) is 6.92 Å². The van der Waals surface area contributed by atoms with Gasteiger partial charge < -0.3 is 9.84 Å². The Bertz CT molecular complexity index is 314. The third-order valence-corrected chi connectivity index (χ3v) is 2.68. The second kappa shape index (κ2) is 6.47. The third kappa shape index (κ3) is 3.93. The molecule has 0 saturated heterocycles. The maximum absolute atomic E-state index is 11.2. The Hall–Kier alpha value is -1.01. The highest BCUT2D eigenvalue weighted by Gasteiger charge is 2.12. The van der Waals surface area contributed by atoms with Crippen LogP contribution in [0.25, 0.3) is 0 Å². The molecular weight excluding hydrogens is 216 g/mol. The molecule has 0 bridgehead atoms. The highest BCUT2D eigenvalue weighted by Crippen LogP contribution is 2.13. The van der Waals surface area contributed by atoms with E-state index in [1.807, 2.05) is 0 Å². The fourth-order valence-corrected chi connectivity index (χ4v) is 1.79. The molecule has 15 heavy (non-hydrogen) atoms. The van der Waals surface area contributed by atoms with E-state index >= 15 is 0 Å². The van der Waals surface area contributed by atoms with Gasteiger partial charge in [-0.3, -0.25) is 0 Å². The van der Waals surface area contributed by atoms with E-state index < -0.39 is 5.97 Å². The van der Waals surface area contributed by atoms with Crippen molar-refractivity contribution in [1.82, 2.24) is 10.2 Å². The molecule has 0 atom stereocenters. The van der Waals surface area contributed by atoms with Gasteiger partial charge in [-0.15, -0.1) is 10.2 Å². The fourth-order valence-electron chi connectivity index (χ4n) is 1.02. The van der Waals surface area contributed by atoms with E-state index in [2.05, 4.69) is 10.2 Å². The predicted molar refractivity (Wildman–Crippen MR) is 55.9 cm³/mol. The van der Waals surface area contributed by atoms with Gasteiger partial charge in [-0.1, -0.05) is 11.3 Å². The number of ether oxygens (including phenoxy) is 1. The lowest BCUT2D eigenvalue weighted by molar-refractivity contribution is 0.0525. The van der Waals surface area contributed by atoms with Crippen LogP contribution in [0.15, 0.2) is 0 Å². The monoisotopic (exact) mass is 230 g/mol. The van der Waals surface area contributed by atoms with Crippen LogP contribution in [-0.2, 0) is 11.2 Å². The van der Waals surface area contributed by atoms with Crippen LogP contribution < -0.4 is 0 Å². The SMILES string of the molecule is CCOC(=O)c1nnc(CCCCO)s1. The molecule has 0 spiro atoms. The molecule has 84 valence electrons. The van der Waals surface area contributed by atoms with E-state index in [0.717, 1.165) is 24.3 Å². The van der Waals surface area contributed by atoms with Gasteiger partial charge in [0.15, 0.2) is 0 Å². The summed E-state index contributed by atoms with van der Waals surface area (Å²) in [5.41, 5.74) is 0. The first kappa shape index (κ1) is 12.1. The summed E-state index contributed by atoms with van der Waals surface area (Å²) >= 11 is 1.25. The lowest BCUT2D eigenvalue weighted by atomic mass is 10.2. The number of esters is 1. The maximum atomic E-state index is 11.2. The van der Waals surface area contributed by atoms with Gasteiger partial charge in [0.1, 0.15) is 5.01 Å². The van der Waals surface area contributed by atoms with E-state index in [0.29, 0.717) is 11.6 Å². The van der Waals surface area contributed by atoms with E-state index in [4.69, 9.17) is 9.84 Å². The van der Waals surface area contributed by atoms with Gasteiger partial charge in [0.2, 0.25) is 5.01 Å². The van der Waals surface area contributed by atoms with Crippen LogP contribution in [0, 0.1) is 0 Å². The van der Waals surface area contributed by atoms with E-state index in [-0.39, 0.29) is 6.61 Å². The van der Waals surface area contributed by atoms with Crippen molar-refractivity contribution in [3.63, 3.8) is 0 Å². The Morgan fingerprint density at radius 3 is 2.93 bits per heavy atom. The number of nitrogens with zero attached hydrogens (tertiary/aromatic N) is 2. The molecule has 6 heteroatoms. The summed E-state index contributed by atoms with van der Waals surface area (Å²) in [7, 11) is 0. The lowest BCUT2D eigenvalue weighted by Gasteiger charge is -1.94. The molecule has 0 fully saturated rings. The molecule has 1 heterocycles. The molecule has 0 saturated carbocycles. The topological polar surface area (TPSA) is 72.3 Å². The smallest absolute Gasteiger partial charge is 0.369 e. The number of rotatable bonds is 6. The molecule has 0 radical (unpaired) electrons. The molecule has 1 N–H and O–H groups in total. The molecule has 0 aromatic carbocycles. The molecule has 0 unspecified atom stereocenters. The van der Waals surface area contributed by atoms with E-state index in [1.165, 1.54) is 11.3 Å². The zero-order valence-corrected chi connectivity index (χ0v) is 9.42. The van der Waals surface area contributed by atoms with Gasteiger partial charge in [0.05, 0.1) is 6.61 Å². The molecule has 1 rings (SSSR count). The summed E-state index contributed by atoms with van der Waals surface area (Å²) in [4.78, 5) is 11.2. The van der Waals surface area contributed by atoms with Crippen LogP contribution >= 0.6 is 11.3 Å². The Kier molecular flexibility index (Phi) is 5.20. The minimum Gasteiger partial charge on any atom is -0.461 e. The van der Waals surface area contributed by atoms with Crippen LogP contribution in [-0.4, -0.2) is 34.5 Å². The summed E-state index contributed by atoms with van der Waals surface area (Å²) in [6, 6.07) is 0. The van der Waals surface area contributed by atoms with Crippen LogP contribution in [0.2, 0.25) is 0 Å². The lowest BCUT2D eigenvalue weighted by Crippen LogP contribution is -2.03. The van der Waals surface area contributed by atoms with Crippen LogP contribution in [0.1, 0.15) is 34.6 Å². The number of carbonyl (C=O) groups excluding carboxylic acids is 1. The summed E-state index contributed by atoms with van der Waals surface area (Å²) in [6.07, 6.45) is 2.35. The largest absolute Gasteiger partial charge is 0.461 e. The number of aliphatic hydroxyl groups excluding tert-OH is 1. The number of aryl methyl sites for hydroxylation is 1. The Labute approximate surface area is 92.1 Å². The van der Waals surface area contributed by atoms with Crippen molar-refractivity contribution in [3.8, 4) is 0 Å². The van der Waals surface area contributed by atoms with Gasteiger partial charge in [-0.2, -0.15) is 0 Å². The van der Waals surface area contributed by atoms with Crippen molar-refractivity contribution in [1.29, 1.82) is 0 Å². The predicted octanol–water partition coefficient (Wildman–Crippen LogP) is 1.03. The second-order valence-electron chi connectivity index (χ2n) is 2.90. The number of carbonyl (C=O) groups is 1. The van der Waals surface area contributed by atoms with Gasteiger partial charge in [0.25, 0.3) is 0 Å². The zero-order valence-electron chi connectivity index (χ0n) is 8.60. The first-order valence-electron chi connectivity index (χ1n) is 4.88. The molecule has 0 amide bonds. The number of aromatic nitrogens is 2. The van der Waals surface area contributed by atoms with Crippen LogP contribution in [0.5, 0.6) is 0 Å². The fraction of sp³-hybridized carbons (Fsp3) is 0.667. The van der Waals surface area contributed by atoms with E-state index in [9.17, 15) is 4.79 Å². The van der Waals surface area contributed by atoms with Gasteiger partial charge >= 0.3 is 5.97 Å². The summed E-state index contributed by atoms with van der Waals surface area (Å²) in [5.74, 6) is -0.414. The third-order valence-electron chi connectivity index (χ3n) is 1.72. The number of unbranched alkanes of at least 4 members (excludes halogenated alkanes) is 1. The van der Waals surface area contributed by atoms with Crippen molar-refractivity contribution in [2.75, 3.05) is 13.2 Å². The first-order valence-corrected chi connectivity index (χ1v) is 5.70. The summed E-state index contributed by atoms with van der Waals surface area (Å²) < 4.78 is 4.80. The summed E-state index contributed by atoms with van der Waals surface area (Å²) in [6.45, 7) is 2.28. The maximum Gasteiger partial charge on any atom is 0.369 e. The molecule has 1 aromatic heterocycles. The van der Waals surface area contributed by atoms with Crippen molar-refractivity contribution < 1.29 is 14.6 Å².